The van der Waals surface area contributed by atoms with Gasteiger partial charge in [-0.15, -0.1) is 0 Å². The molecule has 0 fully saturated rings. The highest BCUT2D eigenvalue weighted by Crippen LogP contribution is 1.93. The van der Waals surface area contributed by atoms with E-state index in [1.165, 1.54) is 6.21 Å². The SMILES string of the molecule is N/N=C\c1ccco1. The van der Waals surface area contributed by atoms with Crippen LogP contribution in [0.15, 0.2) is 27.9 Å². The molecule has 3 heteroatoms. The molecule has 0 bridgehead atoms. The first-order valence-electron chi connectivity index (χ1n) is 2.20. The molecule has 0 atom stereocenters. The molecule has 1 aromatic heterocycles. The van der Waals surface area contributed by atoms with Crippen molar-refractivity contribution >= 4 is 6.21 Å². The Morgan fingerprint density at radius 1 is 1.75 bits per heavy atom. The van der Waals surface area contributed by atoms with E-state index in [1.54, 1.807) is 18.4 Å². The summed E-state index contributed by atoms with van der Waals surface area (Å²) in [6, 6.07) is 3.55. The lowest BCUT2D eigenvalue weighted by atomic mass is 10.5. The summed E-state index contributed by atoms with van der Waals surface area (Å²) in [5, 5.41) is 3.26. The highest BCUT2D eigenvalue weighted by molar-refractivity contribution is 5.75. The standard InChI is InChI=1S/C5H6N2O/c6-7-4-5-2-1-3-8-5/h1-4H,6H2/b7-4-. The number of nitrogens with zero attached hydrogens (tertiary/aromatic N) is 1. The molecule has 0 saturated carbocycles. The Morgan fingerprint density at radius 3 is 3.12 bits per heavy atom. The summed E-state index contributed by atoms with van der Waals surface area (Å²) in [7, 11) is 0. The van der Waals surface area contributed by atoms with Gasteiger partial charge in [0.1, 0.15) is 5.76 Å². The molecular weight excluding hydrogens is 104 g/mol. The van der Waals surface area contributed by atoms with E-state index >= 15 is 0 Å². The van der Waals surface area contributed by atoms with E-state index in [2.05, 4.69) is 5.10 Å². The second-order valence-corrected chi connectivity index (χ2v) is 1.29. The van der Waals surface area contributed by atoms with Crippen molar-refractivity contribution < 1.29 is 4.42 Å². The Labute approximate surface area is 46.8 Å². The molecule has 1 aromatic rings. The van der Waals surface area contributed by atoms with Crippen molar-refractivity contribution in [2.24, 2.45) is 10.9 Å². The number of rotatable bonds is 1. The van der Waals surface area contributed by atoms with Crippen molar-refractivity contribution in [2.45, 2.75) is 0 Å². The Balaban J connectivity index is 2.77. The molecule has 2 N–H and O–H groups in total. The maximum atomic E-state index is 4.84. The summed E-state index contributed by atoms with van der Waals surface area (Å²) in [5.74, 6) is 5.50. The molecule has 1 rings (SSSR count). The van der Waals surface area contributed by atoms with Gasteiger partial charge in [0, 0.05) is 0 Å². The van der Waals surface area contributed by atoms with Crippen LogP contribution in [-0.4, -0.2) is 6.21 Å². The van der Waals surface area contributed by atoms with Crippen molar-refractivity contribution in [2.75, 3.05) is 0 Å². The van der Waals surface area contributed by atoms with Crippen molar-refractivity contribution in [1.82, 2.24) is 0 Å². The summed E-state index contributed by atoms with van der Waals surface area (Å²) in [6.07, 6.45) is 3.01. The smallest absolute Gasteiger partial charge is 0.146 e. The number of hydrazone groups is 1. The lowest BCUT2D eigenvalue weighted by molar-refractivity contribution is 0.560. The minimum absolute atomic E-state index is 0.674. The fourth-order valence-electron chi connectivity index (χ4n) is 0.438. The van der Waals surface area contributed by atoms with E-state index < -0.39 is 0 Å². The summed E-state index contributed by atoms with van der Waals surface area (Å²) < 4.78 is 4.84. The zero-order valence-electron chi connectivity index (χ0n) is 4.24. The first-order chi connectivity index (χ1) is 3.93. The average Bonchev–Trinajstić information content (AvgIpc) is 2.19. The van der Waals surface area contributed by atoms with Crippen molar-refractivity contribution in [3.05, 3.63) is 24.2 Å². The number of furan rings is 1. The van der Waals surface area contributed by atoms with Gasteiger partial charge in [-0.2, -0.15) is 5.10 Å². The first kappa shape index (κ1) is 4.90. The van der Waals surface area contributed by atoms with Crippen LogP contribution in [0.2, 0.25) is 0 Å². The Bertz CT molecular complexity index is 167. The second kappa shape index (κ2) is 2.16. The van der Waals surface area contributed by atoms with Crippen LogP contribution in [-0.2, 0) is 0 Å². The monoisotopic (exact) mass is 110 g/mol. The Morgan fingerprint density at radius 2 is 2.62 bits per heavy atom. The predicted molar refractivity (Wildman–Crippen MR) is 30.5 cm³/mol. The lowest BCUT2D eigenvalue weighted by Crippen LogP contribution is -1.81. The number of hydrogen-bond acceptors (Lipinski definition) is 3. The Kier molecular flexibility index (Phi) is 1.32. The highest BCUT2D eigenvalue weighted by Gasteiger charge is 1.83. The van der Waals surface area contributed by atoms with E-state index in [1.807, 2.05) is 0 Å². The van der Waals surface area contributed by atoms with Gasteiger partial charge < -0.3 is 10.3 Å². The summed E-state index contributed by atoms with van der Waals surface area (Å²) in [4.78, 5) is 0. The van der Waals surface area contributed by atoms with Crippen molar-refractivity contribution in [3.63, 3.8) is 0 Å². The molecule has 42 valence electrons. The number of nitrogens with two attached hydrogens (primary N) is 1. The molecule has 8 heavy (non-hydrogen) atoms. The normalized spacial score (nSPS) is 10.5. The van der Waals surface area contributed by atoms with Crippen molar-refractivity contribution in [3.8, 4) is 0 Å². The molecule has 1 heterocycles. The molecule has 0 aromatic carbocycles. The lowest BCUT2D eigenvalue weighted by Gasteiger charge is -1.75. The molecular formula is C5H6N2O. The van der Waals surface area contributed by atoms with Crippen LogP contribution < -0.4 is 5.84 Å². The predicted octanol–water partition coefficient (Wildman–Crippen LogP) is 0.572. The third-order valence-corrected chi connectivity index (χ3v) is 0.745. The van der Waals surface area contributed by atoms with Gasteiger partial charge in [0.05, 0.1) is 12.5 Å². The van der Waals surface area contributed by atoms with E-state index in [0.717, 1.165) is 0 Å². The van der Waals surface area contributed by atoms with Gasteiger partial charge in [-0.1, -0.05) is 0 Å². The van der Waals surface area contributed by atoms with E-state index in [4.69, 9.17) is 10.3 Å². The minimum Gasteiger partial charge on any atom is -0.463 e. The average molecular weight is 110 g/mol. The van der Waals surface area contributed by atoms with Crippen LogP contribution in [0.4, 0.5) is 0 Å². The van der Waals surface area contributed by atoms with Crippen LogP contribution in [0.1, 0.15) is 5.76 Å². The summed E-state index contributed by atoms with van der Waals surface area (Å²) in [6.45, 7) is 0. The first-order valence-corrected chi connectivity index (χ1v) is 2.20. The maximum Gasteiger partial charge on any atom is 0.146 e. The van der Waals surface area contributed by atoms with Gasteiger partial charge in [-0.05, 0) is 12.1 Å². The van der Waals surface area contributed by atoms with Crippen LogP contribution in [0.3, 0.4) is 0 Å². The fraction of sp³-hybridized carbons (Fsp3) is 0. The topological polar surface area (TPSA) is 51.5 Å². The molecule has 0 amide bonds. The third kappa shape index (κ3) is 0.872. The zero-order chi connectivity index (χ0) is 5.82. The van der Waals surface area contributed by atoms with Gasteiger partial charge in [-0.25, -0.2) is 0 Å². The molecule has 0 unspecified atom stereocenters. The summed E-state index contributed by atoms with van der Waals surface area (Å²) >= 11 is 0. The Hall–Kier alpha value is -1.25. The van der Waals surface area contributed by atoms with Crippen molar-refractivity contribution in [1.29, 1.82) is 0 Å². The second-order valence-electron chi connectivity index (χ2n) is 1.29. The maximum absolute atomic E-state index is 4.84. The van der Waals surface area contributed by atoms with Gasteiger partial charge in [0.15, 0.2) is 0 Å². The van der Waals surface area contributed by atoms with Gasteiger partial charge in [0.2, 0.25) is 0 Å². The van der Waals surface area contributed by atoms with Crippen LogP contribution >= 0.6 is 0 Å². The number of hydrogen-bond donors (Lipinski definition) is 1. The largest absolute Gasteiger partial charge is 0.463 e. The highest BCUT2D eigenvalue weighted by atomic mass is 16.3. The van der Waals surface area contributed by atoms with E-state index in [9.17, 15) is 0 Å². The molecule has 3 nitrogen and oxygen atoms in total. The van der Waals surface area contributed by atoms with E-state index in [0.29, 0.717) is 5.76 Å². The molecule has 0 radical (unpaired) electrons. The van der Waals surface area contributed by atoms with Gasteiger partial charge >= 0.3 is 0 Å². The van der Waals surface area contributed by atoms with Gasteiger partial charge in [-0.3, -0.25) is 0 Å². The quantitative estimate of drug-likeness (QED) is 0.326. The molecule has 0 saturated heterocycles. The van der Waals surface area contributed by atoms with Gasteiger partial charge in [0.25, 0.3) is 0 Å². The molecule has 0 spiro atoms. The third-order valence-electron chi connectivity index (χ3n) is 0.745. The minimum atomic E-state index is 0.674. The van der Waals surface area contributed by atoms with Crippen LogP contribution in [0, 0.1) is 0 Å². The fourth-order valence-corrected chi connectivity index (χ4v) is 0.438. The summed E-state index contributed by atoms with van der Waals surface area (Å²) in [5.41, 5.74) is 0. The zero-order valence-corrected chi connectivity index (χ0v) is 4.24. The van der Waals surface area contributed by atoms with E-state index in [-0.39, 0.29) is 0 Å². The molecule has 0 aliphatic rings. The molecule has 0 aliphatic carbocycles. The van der Waals surface area contributed by atoms with Crippen LogP contribution in [0.25, 0.3) is 0 Å². The van der Waals surface area contributed by atoms with Crippen LogP contribution in [0.5, 0.6) is 0 Å². The molecule has 0 aliphatic heterocycles.